The SMILES string of the molecule is CCN(CC)S(=O)(=O)c1ccc(/C=C/c2nc3cc(Cl)ccc3s2)cc1. The summed E-state index contributed by atoms with van der Waals surface area (Å²) in [7, 11) is -3.42. The molecule has 3 rings (SSSR count). The van der Waals surface area contributed by atoms with Gasteiger partial charge in [0.2, 0.25) is 10.0 Å². The summed E-state index contributed by atoms with van der Waals surface area (Å²) in [5.41, 5.74) is 1.79. The average Bonchev–Trinajstić information content (AvgIpc) is 3.03. The predicted molar refractivity (Wildman–Crippen MR) is 110 cm³/mol. The summed E-state index contributed by atoms with van der Waals surface area (Å²) in [5, 5.41) is 1.55. The summed E-state index contributed by atoms with van der Waals surface area (Å²) >= 11 is 7.57. The van der Waals surface area contributed by atoms with Gasteiger partial charge in [-0.25, -0.2) is 13.4 Å². The van der Waals surface area contributed by atoms with Crippen molar-refractivity contribution in [1.82, 2.24) is 9.29 Å². The highest BCUT2D eigenvalue weighted by Crippen LogP contribution is 2.26. The van der Waals surface area contributed by atoms with Crippen LogP contribution in [0.1, 0.15) is 24.4 Å². The maximum atomic E-state index is 12.5. The minimum absolute atomic E-state index is 0.313. The van der Waals surface area contributed by atoms with E-state index >= 15 is 0 Å². The van der Waals surface area contributed by atoms with Crippen LogP contribution in [0.5, 0.6) is 0 Å². The van der Waals surface area contributed by atoms with E-state index in [2.05, 4.69) is 4.98 Å². The van der Waals surface area contributed by atoms with Crippen LogP contribution in [0.4, 0.5) is 0 Å². The summed E-state index contributed by atoms with van der Waals surface area (Å²) < 4.78 is 27.5. The lowest BCUT2D eigenvalue weighted by Crippen LogP contribution is -2.30. The molecule has 0 spiro atoms. The monoisotopic (exact) mass is 406 g/mol. The fourth-order valence-corrected chi connectivity index (χ4v) is 5.10. The summed E-state index contributed by atoms with van der Waals surface area (Å²) in [4.78, 5) is 4.85. The lowest BCUT2D eigenvalue weighted by Gasteiger charge is -2.18. The summed E-state index contributed by atoms with van der Waals surface area (Å²) in [6.45, 7) is 4.59. The molecule has 0 saturated carbocycles. The lowest BCUT2D eigenvalue weighted by atomic mass is 10.2. The van der Waals surface area contributed by atoms with Gasteiger partial charge in [0.05, 0.1) is 15.1 Å². The molecule has 0 N–H and O–H groups in total. The molecule has 1 heterocycles. The minimum atomic E-state index is -3.42. The zero-order valence-corrected chi connectivity index (χ0v) is 16.9. The number of nitrogens with zero attached hydrogens (tertiary/aromatic N) is 2. The van der Waals surface area contributed by atoms with E-state index in [0.717, 1.165) is 20.8 Å². The topological polar surface area (TPSA) is 50.3 Å². The van der Waals surface area contributed by atoms with Crippen molar-refractivity contribution in [3.05, 3.63) is 58.1 Å². The number of hydrogen-bond acceptors (Lipinski definition) is 4. The van der Waals surface area contributed by atoms with Gasteiger partial charge < -0.3 is 0 Å². The Balaban J connectivity index is 1.81. The number of halogens is 1. The maximum absolute atomic E-state index is 12.5. The van der Waals surface area contributed by atoms with Gasteiger partial charge in [0.15, 0.2) is 0 Å². The molecule has 26 heavy (non-hydrogen) atoms. The molecule has 7 heteroatoms. The Hall–Kier alpha value is -1.73. The van der Waals surface area contributed by atoms with Crippen LogP contribution in [0.15, 0.2) is 47.4 Å². The fourth-order valence-electron chi connectivity index (χ4n) is 2.62. The molecular weight excluding hydrogens is 388 g/mol. The third-order valence-electron chi connectivity index (χ3n) is 4.01. The van der Waals surface area contributed by atoms with Crippen LogP contribution in [0.25, 0.3) is 22.4 Å². The zero-order chi connectivity index (χ0) is 18.7. The molecule has 4 nitrogen and oxygen atoms in total. The van der Waals surface area contributed by atoms with Crippen molar-refractivity contribution in [3.63, 3.8) is 0 Å². The first-order valence-electron chi connectivity index (χ1n) is 8.28. The van der Waals surface area contributed by atoms with E-state index in [-0.39, 0.29) is 0 Å². The first kappa shape index (κ1) is 19.0. The molecule has 0 atom stereocenters. The van der Waals surface area contributed by atoms with Gasteiger partial charge >= 0.3 is 0 Å². The molecule has 0 aliphatic rings. The molecule has 0 fully saturated rings. The van der Waals surface area contributed by atoms with Gasteiger partial charge in [0.1, 0.15) is 5.01 Å². The Morgan fingerprint density at radius 2 is 1.77 bits per heavy atom. The quantitative estimate of drug-likeness (QED) is 0.568. The average molecular weight is 407 g/mol. The minimum Gasteiger partial charge on any atom is -0.237 e. The van der Waals surface area contributed by atoms with Crippen LogP contribution in [0, 0.1) is 0 Å². The van der Waals surface area contributed by atoms with Crippen molar-refractivity contribution >= 4 is 55.3 Å². The second kappa shape index (κ2) is 7.88. The van der Waals surface area contributed by atoms with Crippen LogP contribution in [0.3, 0.4) is 0 Å². The van der Waals surface area contributed by atoms with Crippen molar-refractivity contribution in [2.45, 2.75) is 18.7 Å². The normalized spacial score (nSPS) is 12.5. The molecule has 136 valence electrons. The second-order valence-corrected chi connectivity index (χ2v) is 9.09. The number of hydrogen-bond donors (Lipinski definition) is 0. The van der Waals surface area contributed by atoms with Crippen molar-refractivity contribution in [2.24, 2.45) is 0 Å². The smallest absolute Gasteiger partial charge is 0.237 e. The van der Waals surface area contributed by atoms with E-state index in [0.29, 0.717) is 23.0 Å². The van der Waals surface area contributed by atoms with Crippen molar-refractivity contribution in [2.75, 3.05) is 13.1 Å². The molecule has 0 unspecified atom stereocenters. The van der Waals surface area contributed by atoms with Crippen LogP contribution >= 0.6 is 22.9 Å². The number of sulfonamides is 1. The molecule has 0 saturated heterocycles. The van der Waals surface area contributed by atoms with Crippen LogP contribution < -0.4 is 0 Å². The largest absolute Gasteiger partial charge is 0.243 e. The highest BCUT2D eigenvalue weighted by molar-refractivity contribution is 7.89. The number of fused-ring (bicyclic) bond motifs is 1. The van der Waals surface area contributed by atoms with Crippen LogP contribution in [-0.4, -0.2) is 30.8 Å². The van der Waals surface area contributed by atoms with Gasteiger partial charge in [0, 0.05) is 18.1 Å². The molecular formula is C19H19ClN2O2S2. The Kier molecular flexibility index (Phi) is 5.77. The number of thiazole rings is 1. The number of aromatic nitrogens is 1. The third kappa shape index (κ3) is 3.99. The highest BCUT2D eigenvalue weighted by atomic mass is 35.5. The van der Waals surface area contributed by atoms with Crippen molar-refractivity contribution < 1.29 is 8.42 Å². The molecule has 0 aliphatic carbocycles. The van der Waals surface area contributed by atoms with Crippen molar-refractivity contribution in [1.29, 1.82) is 0 Å². The maximum Gasteiger partial charge on any atom is 0.243 e. The van der Waals surface area contributed by atoms with E-state index in [4.69, 9.17) is 11.6 Å². The Bertz CT molecular complexity index is 1040. The second-order valence-electron chi connectivity index (χ2n) is 5.66. The van der Waals surface area contributed by atoms with Gasteiger partial charge in [-0.2, -0.15) is 4.31 Å². The Labute approximate surface area is 162 Å². The molecule has 3 aromatic rings. The fraction of sp³-hybridized carbons (Fsp3) is 0.211. The van der Waals surface area contributed by atoms with E-state index in [9.17, 15) is 8.42 Å². The zero-order valence-electron chi connectivity index (χ0n) is 14.5. The summed E-state index contributed by atoms with van der Waals surface area (Å²) in [5.74, 6) is 0. The van der Waals surface area contributed by atoms with Gasteiger partial charge in [-0.15, -0.1) is 11.3 Å². The van der Waals surface area contributed by atoms with Gasteiger partial charge in [-0.05, 0) is 42.0 Å². The van der Waals surface area contributed by atoms with Crippen LogP contribution in [-0.2, 0) is 10.0 Å². The molecule has 0 bridgehead atoms. The van der Waals surface area contributed by atoms with E-state index in [1.807, 2.05) is 44.2 Å². The lowest BCUT2D eigenvalue weighted by molar-refractivity contribution is 0.445. The molecule has 1 aromatic heterocycles. The van der Waals surface area contributed by atoms with Crippen LogP contribution in [0.2, 0.25) is 5.02 Å². The highest BCUT2D eigenvalue weighted by Gasteiger charge is 2.20. The Morgan fingerprint density at radius 1 is 1.08 bits per heavy atom. The number of benzene rings is 2. The molecule has 0 aliphatic heterocycles. The number of rotatable bonds is 6. The van der Waals surface area contributed by atoms with E-state index < -0.39 is 10.0 Å². The third-order valence-corrected chi connectivity index (χ3v) is 7.31. The molecule has 2 aromatic carbocycles. The summed E-state index contributed by atoms with van der Waals surface area (Å²) in [6, 6.07) is 12.5. The molecule has 0 amide bonds. The first-order chi connectivity index (χ1) is 12.4. The molecule has 0 radical (unpaired) electrons. The van der Waals surface area contributed by atoms with Crippen molar-refractivity contribution in [3.8, 4) is 0 Å². The van der Waals surface area contributed by atoms with Gasteiger partial charge in [-0.1, -0.05) is 43.7 Å². The van der Waals surface area contributed by atoms with Gasteiger partial charge in [-0.3, -0.25) is 0 Å². The van der Waals surface area contributed by atoms with E-state index in [1.165, 1.54) is 4.31 Å². The Morgan fingerprint density at radius 3 is 2.42 bits per heavy atom. The summed E-state index contributed by atoms with van der Waals surface area (Å²) in [6.07, 6.45) is 3.85. The first-order valence-corrected chi connectivity index (χ1v) is 10.9. The van der Waals surface area contributed by atoms with E-state index in [1.54, 1.807) is 35.6 Å². The van der Waals surface area contributed by atoms with Gasteiger partial charge in [0.25, 0.3) is 0 Å². The standard InChI is InChI=1S/C19H19ClN2O2S2/c1-3-22(4-2)26(23,24)16-9-5-14(6-10-16)7-12-19-21-17-13-15(20)8-11-18(17)25-19/h5-13H,3-4H2,1-2H3/b12-7+. The predicted octanol–water partition coefficient (Wildman–Crippen LogP) is 5.15.